The van der Waals surface area contributed by atoms with E-state index in [1.54, 1.807) is 6.07 Å². The highest BCUT2D eigenvalue weighted by molar-refractivity contribution is 5.78. The molecule has 0 aromatic carbocycles. The van der Waals surface area contributed by atoms with Gasteiger partial charge in [-0.05, 0) is 35.8 Å². The number of amides is 1. The maximum Gasteiger partial charge on any atom is 0.254 e. The normalized spacial score (nSPS) is 25.2. The molecule has 20 heavy (non-hydrogen) atoms. The summed E-state index contributed by atoms with van der Waals surface area (Å²) in [7, 11) is 1.53. The molecule has 1 fully saturated rings. The third-order valence-electron chi connectivity index (χ3n) is 3.94. The first kappa shape index (κ1) is 14.9. The van der Waals surface area contributed by atoms with Crippen LogP contribution in [0, 0.1) is 17.3 Å². The Hall–Kier alpha value is -1.52. The predicted molar refractivity (Wildman–Crippen MR) is 75.2 cm³/mol. The van der Waals surface area contributed by atoms with E-state index in [1.165, 1.54) is 13.5 Å². The van der Waals surface area contributed by atoms with Gasteiger partial charge in [-0.3, -0.25) is 4.79 Å². The maximum absolute atomic E-state index is 12.3. The van der Waals surface area contributed by atoms with Crippen LogP contribution < -0.4 is 10.1 Å². The minimum absolute atomic E-state index is 0.0959. The summed E-state index contributed by atoms with van der Waals surface area (Å²) in [5.74, 6) is 1.85. The smallest absolute Gasteiger partial charge is 0.254 e. The Labute approximate surface area is 120 Å². The minimum Gasteiger partial charge on any atom is -0.479 e. The summed E-state index contributed by atoms with van der Waals surface area (Å²) < 4.78 is 10.0. The van der Waals surface area contributed by atoms with Crippen molar-refractivity contribution in [2.24, 2.45) is 17.3 Å². The van der Waals surface area contributed by atoms with Gasteiger partial charge in [0.25, 0.3) is 5.88 Å². The highest BCUT2D eigenvalue weighted by Crippen LogP contribution is 2.41. The number of hydrogen-bond donors (Lipinski definition) is 1. The lowest BCUT2D eigenvalue weighted by Gasteiger charge is -2.38. The van der Waals surface area contributed by atoms with Crippen molar-refractivity contribution in [3.8, 4) is 5.88 Å². The van der Waals surface area contributed by atoms with Gasteiger partial charge in [0, 0.05) is 12.0 Å². The molecule has 2 unspecified atom stereocenters. The van der Waals surface area contributed by atoms with Crippen LogP contribution in [0.4, 0.5) is 0 Å². The topological polar surface area (TPSA) is 64.4 Å². The van der Waals surface area contributed by atoms with Gasteiger partial charge in [0.2, 0.25) is 5.91 Å². The summed E-state index contributed by atoms with van der Waals surface area (Å²) in [5, 5.41) is 6.65. The largest absolute Gasteiger partial charge is 0.479 e. The van der Waals surface area contributed by atoms with Crippen LogP contribution in [0.25, 0.3) is 0 Å². The van der Waals surface area contributed by atoms with Crippen LogP contribution in [0.3, 0.4) is 0 Å². The van der Waals surface area contributed by atoms with Crippen LogP contribution >= 0.6 is 0 Å². The summed E-state index contributed by atoms with van der Waals surface area (Å²) in [5.41, 5.74) is 0.245. The Bertz CT molecular complexity index is 467. The number of rotatable bonds is 4. The van der Waals surface area contributed by atoms with E-state index in [-0.39, 0.29) is 17.2 Å². The second-order valence-corrected chi connectivity index (χ2v) is 6.66. The Kier molecular flexibility index (Phi) is 4.35. The van der Waals surface area contributed by atoms with E-state index in [4.69, 9.17) is 9.26 Å². The quantitative estimate of drug-likeness (QED) is 0.921. The van der Waals surface area contributed by atoms with Gasteiger partial charge in [0.05, 0.1) is 13.7 Å². The molecule has 0 spiro atoms. The van der Waals surface area contributed by atoms with Gasteiger partial charge in [-0.2, -0.15) is 0 Å². The zero-order valence-electron chi connectivity index (χ0n) is 12.7. The SMILES string of the molecule is COc1cc(CNC(=O)C2CC(C)CC(C)(C)C2)on1. The zero-order chi connectivity index (χ0) is 14.8. The fourth-order valence-corrected chi connectivity index (χ4v) is 3.34. The van der Waals surface area contributed by atoms with Crippen LogP contribution in [-0.2, 0) is 11.3 Å². The van der Waals surface area contributed by atoms with Crippen molar-refractivity contribution in [1.82, 2.24) is 10.5 Å². The van der Waals surface area contributed by atoms with E-state index in [1.807, 2.05) is 0 Å². The van der Waals surface area contributed by atoms with Crippen LogP contribution in [0.15, 0.2) is 10.6 Å². The summed E-state index contributed by atoms with van der Waals surface area (Å²) in [4.78, 5) is 12.3. The van der Waals surface area contributed by atoms with E-state index >= 15 is 0 Å². The molecule has 0 bridgehead atoms. The number of carbonyl (C=O) groups is 1. The third-order valence-corrected chi connectivity index (χ3v) is 3.94. The molecule has 5 heteroatoms. The Morgan fingerprint density at radius 3 is 2.90 bits per heavy atom. The molecule has 0 radical (unpaired) electrons. The molecule has 2 atom stereocenters. The lowest BCUT2D eigenvalue weighted by molar-refractivity contribution is -0.128. The van der Waals surface area contributed by atoms with Crippen molar-refractivity contribution in [2.75, 3.05) is 7.11 Å². The average molecular weight is 280 g/mol. The molecule has 0 aliphatic heterocycles. The Balaban J connectivity index is 1.88. The van der Waals surface area contributed by atoms with Crippen LogP contribution in [-0.4, -0.2) is 18.2 Å². The van der Waals surface area contributed by atoms with Crippen molar-refractivity contribution in [2.45, 2.75) is 46.6 Å². The van der Waals surface area contributed by atoms with Gasteiger partial charge in [-0.25, -0.2) is 0 Å². The first-order valence-electron chi connectivity index (χ1n) is 7.17. The number of aromatic nitrogens is 1. The fourth-order valence-electron chi connectivity index (χ4n) is 3.34. The summed E-state index contributed by atoms with van der Waals surface area (Å²) >= 11 is 0. The monoisotopic (exact) mass is 280 g/mol. The average Bonchev–Trinajstić information content (AvgIpc) is 2.81. The molecule has 1 saturated carbocycles. The fraction of sp³-hybridized carbons (Fsp3) is 0.733. The van der Waals surface area contributed by atoms with Crippen molar-refractivity contribution >= 4 is 5.91 Å². The second kappa shape index (κ2) is 5.85. The third kappa shape index (κ3) is 3.74. The first-order chi connectivity index (χ1) is 9.39. The summed E-state index contributed by atoms with van der Waals surface area (Å²) in [6.45, 7) is 7.07. The molecule has 1 amide bonds. The standard InChI is InChI=1S/C15H24N2O3/c1-10-5-11(8-15(2,3)7-10)14(18)16-9-12-6-13(19-4)17-20-12/h6,10-11H,5,7-9H2,1-4H3,(H,16,18). The van der Waals surface area contributed by atoms with E-state index in [9.17, 15) is 4.79 Å². The predicted octanol–water partition coefficient (Wildman–Crippen LogP) is 2.76. The van der Waals surface area contributed by atoms with E-state index in [0.717, 1.165) is 12.8 Å². The zero-order valence-corrected chi connectivity index (χ0v) is 12.7. The number of carbonyl (C=O) groups excluding carboxylic acids is 1. The molecule has 1 aliphatic carbocycles. The van der Waals surface area contributed by atoms with Crippen molar-refractivity contribution in [3.05, 3.63) is 11.8 Å². The van der Waals surface area contributed by atoms with Crippen molar-refractivity contribution in [3.63, 3.8) is 0 Å². The van der Waals surface area contributed by atoms with Gasteiger partial charge in [0.1, 0.15) is 0 Å². The Morgan fingerprint density at radius 1 is 1.55 bits per heavy atom. The minimum atomic E-state index is 0.0959. The highest BCUT2D eigenvalue weighted by Gasteiger charge is 2.35. The molecule has 2 rings (SSSR count). The summed E-state index contributed by atoms with van der Waals surface area (Å²) in [6, 6.07) is 1.69. The number of ether oxygens (including phenoxy) is 1. The lowest BCUT2D eigenvalue weighted by atomic mass is 9.68. The molecule has 1 N–H and O–H groups in total. The molecule has 0 saturated heterocycles. The number of nitrogens with one attached hydrogen (secondary N) is 1. The molecular weight excluding hydrogens is 256 g/mol. The van der Waals surface area contributed by atoms with Gasteiger partial charge >= 0.3 is 0 Å². The molecule has 5 nitrogen and oxygen atoms in total. The van der Waals surface area contributed by atoms with E-state index in [0.29, 0.717) is 24.1 Å². The van der Waals surface area contributed by atoms with Crippen LogP contribution in [0.2, 0.25) is 0 Å². The van der Waals surface area contributed by atoms with Gasteiger partial charge in [-0.1, -0.05) is 20.8 Å². The van der Waals surface area contributed by atoms with Crippen molar-refractivity contribution < 1.29 is 14.1 Å². The van der Waals surface area contributed by atoms with Crippen LogP contribution in [0.1, 0.15) is 45.8 Å². The molecular formula is C15H24N2O3. The van der Waals surface area contributed by atoms with E-state index < -0.39 is 0 Å². The molecule has 1 heterocycles. The van der Waals surface area contributed by atoms with Gasteiger partial charge in [-0.15, -0.1) is 0 Å². The number of methoxy groups -OCH3 is 1. The number of nitrogens with zero attached hydrogens (tertiary/aromatic N) is 1. The maximum atomic E-state index is 12.3. The number of hydrogen-bond acceptors (Lipinski definition) is 4. The van der Waals surface area contributed by atoms with Crippen LogP contribution in [0.5, 0.6) is 5.88 Å². The Morgan fingerprint density at radius 2 is 2.30 bits per heavy atom. The van der Waals surface area contributed by atoms with E-state index in [2.05, 4.69) is 31.2 Å². The molecule has 1 aliphatic rings. The summed E-state index contributed by atoms with van der Waals surface area (Å²) in [6.07, 6.45) is 3.11. The molecule has 1 aromatic rings. The first-order valence-corrected chi connectivity index (χ1v) is 7.17. The van der Waals surface area contributed by atoms with Gasteiger partial charge < -0.3 is 14.6 Å². The van der Waals surface area contributed by atoms with Gasteiger partial charge in [0.15, 0.2) is 5.76 Å². The molecule has 112 valence electrons. The lowest BCUT2D eigenvalue weighted by Crippen LogP contribution is -2.38. The van der Waals surface area contributed by atoms with Crippen molar-refractivity contribution in [1.29, 1.82) is 0 Å². The highest BCUT2D eigenvalue weighted by atomic mass is 16.5. The molecule has 1 aromatic heterocycles. The second-order valence-electron chi connectivity index (χ2n) is 6.66.